The first-order valence-electron chi connectivity index (χ1n) is 12.6. The van der Waals surface area contributed by atoms with Gasteiger partial charge in [-0.2, -0.15) is 0 Å². The van der Waals surface area contributed by atoms with Crippen LogP contribution in [0.15, 0.2) is 72.6 Å². The third-order valence-electron chi connectivity index (χ3n) is 6.15. The third kappa shape index (κ3) is 5.29. The van der Waals surface area contributed by atoms with Crippen LogP contribution in [0.25, 0.3) is 5.76 Å². The van der Waals surface area contributed by atoms with Crippen molar-refractivity contribution in [1.82, 2.24) is 4.98 Å². The Morgan fingerprint density at radius 2 is 1.79 bits per heavy atom. The van der Waals surface area contributed by atoms with Gasteiger partial charge in [0, 0.05) is 23.6 Å². The molecule has 4 rings (SSSR count). The summed E-state index contributed by atoms with van der Waals surface area (Å²) in [7, 11) is 0. The number of hydrogen-bond donors (Lipinski definition) is 1. The van der Waals surface area contributed by atoms with Crippen molar-refractivity contribution in [2.24, 2.45) is 0 Å². The molecule has 3 aromatic rings. The number of anilines is 1. The van der Waals surface area contributed by atoms with Gasteiger partial charge in [-0.05, 0) is 73.4 Å². The molecule has 1 N–H and O–H groups in total. The minimum absolute atomic E-state index is 0.0661. The molecule has 1 aromatic heterocycles. The molecule has 0 radical (unpaired) electrons. The first kappa shape index (κ1) is 26.6. The number of aryl methyl sites for hydroxylation is 1. The first-order chi connectivity index (χ1) is 18.4. The van der Waals surface area contributed by atoms with Crippen LogP contribution in [-0.2, 0) is 14.3 Å². The van der Waals surface area contributed by atoms with E-state index in [9.17, 15) is 19.5 Å². The second-order valence-electron chi connectivity index (χ2n) is 8.97. The molecule has 0 aliphatic carbocycles. The second kappa shape index (κ2) is 11.7. The highest BCUT2D eigenvalue weighted by atomic mass is 16.5. The van der Waals surface area contributed by atoms with Crippen LogP contribution in [0.3, 0.4) is 0 Å². The number of Topliss-reactive ketones (excluding diaryl/α,β-unsaturated/α-hetero) is 1. The lowest BCUT2D eigenvalue weighted by molar-refractivity contribution is -0.132. The van der Waals surface area contributed by atoms with Gasteiger partial charge in [0.05, 0.1) is 30.4 Å². The Morgan fingerprint density at radius 1 is 1.00 bits per heavy atom. The van der Waals surface area contributed by atoms with E-state index in [-0.39, 0.29) is 23.5 Å². The normalized spacial score (nSPS) is 16.5. The number of aliphatic hydroxyl groups excluding tert-OH is 1. The van der Waals surface area contributed by atoms with E-state index in [1.165, 1.54) is 11.0 Å². The van der Waals surface area contributed by atoms with E-state index >= 15 is 0 Å². The lowest BCUT2D eigenvalue weighted by atomic mass is 9.95. The van der Waals surface area contributed by atoms with Gasteiger partial charge in [0.1, 0.15) is 11.5 Å². The molecule has 1 unspecified atom stereocenters. The van der Waals surface area contributed by atoms with E-state index in [4.69, 9.17) is 9.47 Å². The highest BCUT2D eigenvalue weighted by molar-refractivity contribution is 6.51. The SMILES string of the molecule is CCCOC(=O)c1cccc(N2C(=O)C(=O)/C(=C(/O)c3ccc(OCCC)c(C)c3)C2c2cccnc2)c1. The zero-order valence-electron chi connectivity index (χ0n) is 21.6. The van der Waals surface area contributed by atoms with Crippen molar-refractivity contribution in [2.45, 2.75) is 39.7 Å². The van der Waals surface area contributed by atoms with Crippen LogP contribution in [0, 0.1) is 6.92 Å². The Balaban J connectivity index is 1.82. The quantitative estimate of drug-likeness (QED) is 0.177. The summed E-state index contributed by atoms with van der Waals surface area (Å²) in [4.78, 5) is 44.7. The van der Waals surface area contributed by atoms with E-state index in [1.807, 2.05) is 20.8 Å². The number of ether oxygens (including phenoxy) is 2. The molecule has 0 bridgehead atoms. The van der Waals surface area contributed by atoms with E-state index < -0.39 is 23.7 Å². The molecule has 2 aromatic carbocycles. The zero-order valence-corrected chi connectivity index (χ0v) is 21.6. The number of amides is 1. The molecular formula is C30H30N2O6. The molecule has 0 spiro atoms. The molecule has 8 heteroatoms. The van der Waals surface area contributed by atoms with Crippen LogP contribution in [-0.4, -0.2) is 41.0 Å². The van der Waals surface area contributed by atoms with E-state index in [2.05, 4.69) is 4.98 Å². The van der Waals surface area contributed by atoms with E-state index in [0.717, 1.165) is 12.0 Å². The fraction of sp³-hybridized carbons (Fsp3) is 0.267. The number of ketones is 1. The van der Waals surface area contributed by atoms with E-state index in [0.29, 0.717) is 35.6 Å². The molecule has 1 aliphatic rings. The van der Waals surface area contributed by atoms with Gasteiger partial charge in [-0.3, -0.25) is 19.5 Å². The number of nitrogens with zero attached hydrogens (tertiary/aromatic N) is 2. The monoisotopic (exact) mass is 514 g/mol. The van der Waals surface area contributed by atoms with Gasteiger partial charge < -0.3 is 14.6 Å². The summed E-state index contributed by atoms with van der Waals surface area (Å²) in [5, 5.41) is 11.4. The molecular weight excluding hydrogens is 484 g/mol. The summed E-state index contributed by atoms with van der Waals surface area (Å²) in [6.07, 6.45) is 4.65. The molecule has 1 aliphatic heterocycles. The number of rotatable bonds is 9. The summed E-state index contributed by atoms with van der Waals surface area (Å²) in [6.45, 7) is 6.58. The number of benzene rings is 2. The number of carbonyl (C=O) groups is 3. The predicted molar refractivity (Wildman–Crippen MR) is 143 cm³/mol. The van der Waals surface area contributed by atoms with Crippen molar-refractivity contribution in [3.05, 3.63) is 94.8 Å². The Hall–Kier alpha value is -4.46. The van der Waals surface area contributed by atoms with Crippen molar-refractivity contribution in [3.8, 4) is 5.75 Å². The van der Waals surface area contributed by atoms with Gasteiger partial charge in [-0.1, -0.05) is 26.0 Å². The zero-order chi connectivity index (χ0) is 27.2. The highest BCUT2D eigenvalue weighted by Crippen LogP contribution is 2.42. The van der Waals surface area contributed by atoms with Crippen LogP contribution in [0.1, 0.15) is 59.8 Å². The molecule has 1 atom stereocenters. The van der Waals surface area contributed by atoms with Crippen molar-refractivity contribution in [2.75, 3.05) is 18.1 Å². The fourth-order valence-corrected chi connectivity index (χ4v) is 4.34. The minimum atomic E-state index is -0.957. The molecule has 38 heavy (non-hydrogen) atoms. The van der Waals surface area contributed by atoms with Crippen molar-refractivity contribution in [3.63, 3.8) is 0 Å². The van der Waals surface area contributed by atoms with Crippen LogP contribution in [0.2, 0.25) is 0 Å². The fourth-order valence-electron chi connectivity index (χ4n) is 4.34. The lowest BCUT2D eigenvalue weighted by Crippen LogP contribution is -2.29. The van der Waals surface area contributed by atoms with Crippen LogP contribution in [0.4, 0.5) is 5.69 Å². The number of pyridine rings is 1. The summed E-state index contributed by atoms with van der Waals surface area (Å²) in [5.41, 5.74) is 2.21. The number of carbonyl (C=O) groups excluding carboxylic acids is 3. The summed E-state index contributed by atoms with van der Waals surface area (Å²) < 4.78 is 11.0. The molecule has 1 amide bonds. The summed E-state index contributed by atoms with van der Waals surface area (Å²) in [6, 6.07) is 13.9. The maximum Gasteiger partial charge on any atom is 0.338 e. The number of aliphatic hydroxyl groups is 1. The van der Waals surface area contributed by atoms with Gasteiger partial charge in [-0.15, -0.1) is 0 Å². The predicted octanol–water partition coefficient (Wildman–Crippen LogP) is 5.37. The lowest BCUT2D eigenvalue weighted by Gasteiger charge is -2.25. The van der Waals surface area contributed by atoms with Crippen LogP contribution < -0.4 is 9.64 Å². The van der Waals surface area contributed by atoms with Gasteiger partial charge in [0.25, 0.3) is 11.7 Å². The Kier molecular flexibility index (Phi) is 8.21. The molecule has 0 saturated carbocycles. The molecule has 8 nitrogen and oxygen atoms in total. The molecule has 2 heterocycles. The first-order valence-corrected chi connectivity index (χ1v) is 12.6. The number of aromatic nitrogens is 1. The number of esters is 1. The Bertz CT molecular complexity index is 1380. The Labute approximate surface area is 221 Å². The summed E-state index contributed by atoms with van der Waals surface area (Å²) >= 11 is 0. The Morgan fingerprint density at radius 3 is 2.47 bits per heavy atom. The van der Waals surface area contributed by atoms with Crippen molar-refractivity contribution < 1.29 is 29.0 Å². The number of hydrogen-bond acceptors (Lipinski definition) is 7. The smallest absolute Gasteiger partial charge is 0.338 e. The minimum Gasteiger partial charge on any atom is -0.507 e. The van der Waals surface area contributed by atoms with Gasteiger partial charge >= 0.3 is 5.97 Å². The molecule has 1 fully saturated rings. The third-order valence-corrected chi connectivity index (χ3v) is 6.15. The van der Waals surface area contributed by atoms with Gasteiger partial charge in [0.2, 0.25) is 0 Å². The average Bonchev–Trinajstić information content (AvgIpc) is 3.21. The van der Waals surface area contributed by atoms with E-state index in [1.54, 1.807) is 60.9 Å². The second-order valence-corrected chi connectivity index (χ2v) is 8.97. The van der Waals surface area contributed by atoms with Crippen molar-refractivity contribution in [1.29, 1.82) is 0 Å². The maximum atomic E-state index is 13.4. The van der Waals surface area contributed by atoms with Crippen LogP contribution in [0.5, 0.6) is 5.75 Å². The maximum absolute atomic E-state index is 13.4. The largest absolute Gasteiger partial charge is 0.507 e. The highest BCUT2D eigenvalue weighted by Gasteiger charge is 2.47. The van der Waals surface area contributed by atoms with Gasteiger partial charge in [0.15, 0.2) is 0 Å². The molecule has 196 valence electrons. The molecule has 1 saturated heterocycles. The topological polar surface area (TPSA) is 106 Å². The average molecular weight is 515 g/mol. The van der Waals surface area contributed by atoms with Crippen molar-refractivity contribution >= 4 is 29.1 Å². The van der Waals surface area contributed by atoms with Gasteiger partial charge in [-0.25, -0.2) is 4.79 Å². The summed E-state index contributed by atoms with van der Waals surface area (Å²) in [5.74, 6) is -1.80. The standard InChI is InChI=1S/C30H30N2O6/c1-4-14-37-24-12-11-20(16-19(24)3)27(33)25-26(22-9-7-13-31-18-22)32(29(35)28(25)34)23-10-6-8-21(17-23)30(36)38-15-5-2/h6-13,16-18,26,33H,4-5,14-15H2,1-3H3/b27-25+. The van der Waals surface area contributed by atoms with Crippen LogP contribution >= 0.6 is 0 Å².